The van der Waals surface area contributed by atoms with Crippen LogP contribution >= 0.6 is 0 Å². The monoisotopic (exact) mass is 380 g/mol. The summed E-state index contributed by atoms with van der Waals surface area (Å²) in [4.78, 5) is 16.4. The number of aromatic nitrogens is 2. The van der Waals surface area contributed by atoms with E-state index in [0.29, 0.717) is 18.4 Å². The molecule has 146 valence electrons. The van der Waals surface area contributed by atoms with Crippen molar-refractivity contribution in [3.05, 3.63) is 54.1 Å². The molecule has 0 saturated carbocycles. The summed E-state index contributed by atoms with van der Waals surface area (Å²) in [5, 5.41) is 10.0. The van der Waals surface area contributed by atoms with Crippen LogP contribution in [0.5, 0.6) is 5.75 Å². The first-order chi connectivity index (χ1) is 13.6. The summed E-state index contributed by atoms with van der Waals surface area (Å²) in [5.74, 6) is 1.21. The number of carbonyl (C=O) groups is 1. The molecule has 0 saturated heterocycles. The zero-order valence-electron chi connectivity index (χ0n) is 16.2. The summed E-state index contributed by atoms with van der Waals surface area (Å²) < 4.78 is 10.5. The normalized spacial score (nSPS) is 11.7. The SMILES string of the molecule is CCC(C)C(=O)Nc1cccc(CNc2nc(-c3cccc(OC)c3)no2)c1. The van der Waals surface area contributed by atoms with Crippen molar-refractivity contribution >= 4 is 17.6 Å². The third-order valence-corrected chi connectivity index (χ3v) is 4.45. The Balaban J connectivity index is 1.62. The minimum Gasteiger partial charge on any atom is -0.497 e. The lowest BCUT2D eigenvalue weighted by molar-refractivity contribution is -0.119. The molecular weight excluding hydrogens is 356 g/mol. The fourth-order valence-corrected chi connectivity index (χ4v) is 2.56. The Morgan fingerprint density at radius 1 is 1.21 bits per heavy atom. The molecule has 1 amide bonds. The Kier molecular flexibility index (Phi) is 6.26. The summed E-state index contributed by atoms with van der Waals surface area (Å²) in [7, 11) is 1.61. The molecule has 1 atom stereocenters. The van der Waals surface area contributed by atoms with Crippen LogP contribution in [0.1, 0.15) is 25.8 Å². The first-order valence-corrected chi connectivity index (χ1v) is 9.21. The van der Waals surface area contributed by atoms with E-state index in [0.717, 1.165) is 29.0 Å². The van der Waals surface area contributed by atoms with E-state index in [2.05, 4.69) is 20.8 Å². The minimum atomic E-state index is -0.0183. The number of rotatable bonds is 8. The molecule has 0 radical (unpaired) electrons. The summed E-state index contributed by atoms with van der Waals surface area (Å²) in [6.45, 7) is 4.40. The maximum absolute atomic E-state index is 12.0. The van der Waals surface area contributed by atoms with Gasteiger partial charge in [-0.3, -0.25) is 4.79 Å². The zero-order valence-corrected chi connectivity index (χ0v) is 16.2. The molecular formula is C21H24N4O3. The van der Waals surface area contributed by atoms with E-state index in [-0.39, 0.29) is 11.8 Å². The maximum Gasteiger partial charge on any atom is 0.322 e. The average Bonchev–Trinajstić information content (AvgIpc) is 3.21. The van der Waals surface area contributed by atoms with Crippen molar-refractivity contribution in [1.29, 1.82) is 0 Å². The minimum absolute atomic E-state index is 0.0183. The van der Waals surface area contributed by atoms with Gasteiger partial charge in [0, 0.05) is 23.7 Å². The van der Waals surface area contributed by atoms with Crippen molar-refractivity contribution in [1.82, 2.24) is 10.1 Å². The second kappa shape index (κ2) is 9.03. The van der Waals surface area contributed by atoms with Gasteiger partial charge in [0.15, 0.2) is 0 Å². The Bertz CT molecular complexity index is 939. The highest BCUT2D eigenvalue weighted by molar-refractivity contribution is 5.92. The molecule has 0 aliphatic rings. The first-order valence-electron chi connectivity index (χ1n) is 9.21. The number of hydrogen-bond acceptors (Lipinski definition) is 6. The van der Waals surface area contributed by atoms with E-state index in [9.17, 15) is 4.79 Å². The lowest BCUT2D eigenvalue weighted by Crippen LogP contribution is -2.19. The van der Waals surface area contributed by atoms with Gasteiger partial charge in [-0.25, -0.2) is 0 Å². The fraction of sp³-hybridized carbons (Fsp3) is 0.286. The number of hydrogen-bond donors (Lipinski definition) is 2. The molecule has 1 aromatic heterocycles. The van der Waals surface area contributed by atoms with Crippen LogP contribution in [0.15, 0.2) is 53.1 Å². The number of benzene rings is 2. The number of methoxy groups -OCH3 is 1. The van der Waals surface area contributed by atoms with Crippen LogP contribution in [-0.4, -0.2) is 23.2 Å². The van der Waals surface area contributed by atoms with Gasteiger partial charge in [-0.05, 0) is 36.2 Å². The van der Waals surface area contributed by atoms with Gasteiger partial charge in [-0.1, -0.05) is 43.3 Å². The average molecular weight is 380 g/mol. The highest BCUT2D eigenvalue weighted by Crippen LogP contribution is 2.22. The number of amides is 1. The molecule has 1 heterocycles. The Morgan fingerprint density at radius 2 is 2.04 bits per heavy atom. The predicted octanol–water partition coefficient (Wildman–Crippen LogP) is 4.34. The number of nitrogens with one attached hydrogen (secondary N) is 2. The standard InChI is InChI=1S/C21H24N4O3/c1-4-14(2)20(26)23-17-9-5-7-15(11-17)13-22-21-24-19(25-28-21)16-8-6-10-18(12-16)27-3/h5-12,14H,4,13H2,1-3H3,(H,23,26)(H,22,24,25). The first kappa shape index (κ1) is 19.4. The molecule has 3 rings (SSSR count). The number of anilines is 2. The molecule has 0 bridgehead atoms. The molecule has 2 N–H and O–H groups in total. The van der Waals surface area contributed by atoms with Crippen molar-refractivity contribution < 1.29 is 14.1 Å². The van der Waals surface area contributed by atoms with Gasteiger partial charge in [0.1, 0.15) is 5.75 Å². The van der Waals surface area contributed by atoms with Gasteiger partial charge in [0.2, 0.25) is 11.7 Å². The molecule has 2 aromatic carbocycles. The van der Waals surface area contributed by atoms with Gasteiger partial charge < -0.3 is 19.9 Å². The summed E-state index contributed by atoms with van der Waals surface area (Å²) in [6, 6.07) is 15.5. The Morgan fingerprint density at radius 3 is 2.82 bits per heavy atom. The van der Waals surface area contributed by atoms with E-state index in [4.69, 9.17) is 9.26 Å². The van der Waals surface area contributed by atoms with E-state index in [1.165, 1.54) is 0 Å². The second-order valence-electron chi connectivity index (χ2n) is 6.51. The smallest absolute Gasteiger partial charge is 0.322 e. The number of ether oxygens (including phenoxy) is 1. The van der Waals surface area contributed by atoms with Crippen LogP contribution in [0.4, 0.5) is 11.7 Å². The van der Waals surface area contributed by atoms with Crippen LogP contribution in [-0.2, 0) is 11.3 Å². The van der Waals surface area contributed by atoms with Gasteiger partial charge in [-0.15, -0.1) is 0 Å². The Hall–Kier alpha value is -3.35. The van der Waals surface area contributed by atoms with E-state index in [1.807, 2.05) is 62.4 Å². The summed E-state index contributed by atoms with van der Waals surface area (Å²) in [5.41, 5.74) is 2.57. The molecule has 0 spiro atoms. The highest BCUT2D eigenvalue weighted by Gasteiger charge is 2.11. The topological polar surface area (TPSA) is 89.3 Å². The fourth-order valence-electron chi connectivity index (χ4n) is 2.56. The van der Waals surface area contributed by atoms with Crippen molar-refractivity contribution in [3.8, 4) is 17.1 Å². The molecule has 28 heavy (non-hydrogen) atoms. The van der Waals surface area contributed by atoms with Crippen LogP contribution in [0.3, 0.4) is 0 Å². The molecule has 3 aromatic rings. The van der Waals surface area contributed by atoms with Gasteiger partial charge >= 0.3 is 6.01 Å². The third kappa shape index (κ3) is 4.88. The molecule has 1 unspecified atom stereocenters. The largest absolute Gasteiger partial charge is 0.497 e. The molecule has 7 nitrogen and oxygen atoms in total. The Labute approximate surface area is 164 Å². The summed E-state index contributed by atoms with van der Waals surface area (Å²) in [6.07, 6.45) is 0.805. The van der Waals surface area contributed by atoms with Crippen molar-refractivity contribution in [3.63, 3.8) is 0 Å². The van der Waals surface area contributed by atoms with Crippen LogP contribution in [0.25, 0.3) is 11.4 Å². The van der Waals surface area contributed by atoms with Crippen molar-refractivity contribution in [2.75, 3.05) is 17.7 Å². The van der Waals surface area contributed by atoms with Gasteiger partial charge in [-0.2, -0.15) is 4.98 Å². The van der Waals surface area contributed by atoms with Crippen molar-refractivity contribution in [2.24, 2.45) is 5.92 Å². The zero-order chi connectivity index (χ0) is 19.9. The highest BCUT2D eigenvalue weighted by atomic mass is 16.5. The molecule has 7 heteroatoms. The molecule has 0 aliphatic carbocycles. The number of nitrogens with zero attached hydrogens (tertiary/aromatic N) is 2. The maximum atomic E-state index is 12.0. The van der Waals surface area contributed by atoms with Gasteiger partial charge in [0.05, 0.1) is 7.11 Å². The predicted molar refractivity (Wildman–Crippen MR) is 108 cm³/mol. The van der Waals surface area contributed by atoms with E-state index >= 15 is 0 Å². The molecule has 0 fully saturated rings. The lowest BCUT2D eigenvalue weighted by atomic mass is 10.1. The van der Waals surface area contributed by atoms with Crippen LogP contribution in [0.2, 0.25) is 0 Å². The number of carbonyl (C=O) groups excluding carboxylic acids is 1. The third-order valence-electron chi connectivity index (χ3n) is 4.45. The quantitative estimate of drug-likeness (QED) is 0.604. The lowest BCUT2D eigenvalue weighted by Gasteiger charge is -2.11. The van der Waals surface area contributed by atoms with Crippen LogP contribution < -0.4 is 15.4 Å². The molecule has 0 aliphatic heterocycles. The van der Waals surface area contributed by atoms with Crippen molar-refractivity contribution in [2.45, 2.75) is 26.8 Å². The van der Waals surface area contributed by atoms with Crippen LogP contribution in [0, 0.1) is 5.92 Å². The summed E-state index contributed by atoms with van der Waals surface area (Å²) >= 11 is 0. The van der Waals surface area contributed by atoms with E-state index in [1.54, 1.807) is 7.11 Å². The second-order valence-corrected chi connectivity index (χ2v) is 6.51. The van der Waals surface area contributed by atoms with Gasteiger partial charge in [0.25, 0.3) is 0 Å². The van der Waals surface area contributed by atoms with E-state index < -0.39 is 0 Å².